The van der Waals surface area contributed by atoms with Crippen LogP contribution in [0.4, 0.5) is 0 Å². The maximum atomic E-state index is 4.17. The number of hydrogen-bond acceptors (Lipinski definition) is 3. The van der Waals surface area contributed by atoms with Crippen LogP contribution in [0.5, 0.6) is 0 Å². The molecule has 0 amide bonds. The van der Waals surface area contributed by atoms with Gasteiger partial charge in [-0.2, -0.15) is 0 Å². The summed E-state index contributed by atoms with van der Waals surface area (Å²) < 4.78 is 1.20. The molecule has 0 aliphatic rings. The predicted molar refractivity (Wildman–Crippen MR) is 85.9 cm³/mol. The molecule has 1 aromatic carbocycles. The number of thiazole rings is 1. The third-order valence-electron chi connectivity index (χ3n) is 3.09. The molecule has 1 N–H and O–H groups in total. The van der Waals surface area contributed by atoms with Crippen LogP contribution in [0.1, 0.15) is 29.7 Å². The summed E-state index contributed by atoms with van der Waals surface area (Å²) in [6, 6.07) is 8.51. The molecule has 2 rings (SSSR count). The van der Waals surface area contributed by atoms with Gasteiger partial charge in [0.25, 0.3) is 0 Å². The summed E-state index contributed by atoms with van der Waals surface area (Å²) >= 11 is 5.41. The summed E-state index contributed by atoms with van der Waals surface area (Å²) in [5, 5.41) is 3.54. The highest BCUT2D eigenvalue weighted by Crippen LogP contribution is 2.28. The van der Waals surface area contributed by atoms with E-state index in [1.807, 2.05) is 11.7 Å². The average molecular weight is 339 g/mol. The molecule has 0 saturated carbocycles. The van der Waals surface area contributed by atoms with Gasteiger partial charge in [0.15, 0.2) is 0 Å². The Labute approximate surface area is 127 Å². The van der Waals surface area contributed by atoms with E-state index in [0.29, 0.717) is 5.92 Å². The van der Waals surface area contributed by atoms with E-state index in [0.717, 1.165) is 19.5 Å². The van der Waals surface area contributed by atoms with Crippen molar-refractivity contribution in [3.63, 3.8) is 0 Å². The lowest BCUT2D eigenvalue weighted by atomic mass is 9.95. The first kappa shape index (κ1) is 14.7. The Hall–Kier alpha value is -0.710. The third-order valence-corrected chi connectivity index (χ3v) is 4.62. The Morgan fingerprint density at radius 1 is 1.37 bits per heavy atom. The maximum Gasteiger partial charge on any atom is 0.0794 e. The fourth-order valence-electron chi connectivity index (χ4n) is 2.14. The Morgan fingerprint density at radius 3 is 2.89 bits per heavy atom. The monoisotopic (exact) mass is 338 g/mol. The van der Waals surface area contributed by atoms with Crippen molar-refractivity contribution in [3.8, 4) is 0 Å². The topological polar surface area (TPSA) is 24.9 Å². The number of hydrogen-bond donors (Lipinski definition) is 1. The minimum absolute atomic E-state index is 0.488. The molecule has 4 heteroatoms. The van der Waals surface area contributed by atoms with E-state index in [4.69, 9.17) is 0 Å². The van der Waals surface area contributed by atoms with Crippen LogP contribution in [0.3, 0.4) is 0 Å². The van der Waals surface area contributed by atoms with E-state index in [2.05, 4.69) is 57.4 Å². The number of nitrogens with zero attached hydrogens (tertiary/aromatic N) is 1. The number of nitrogens with one attached hydrogen (secondary N) is 1. The molecule has 0 saturated heterocycles. The second-order valence-corrected chi connectivity index (χ2v) is 6.42. The smallest absolute Gasteiger partial charge is 0.0794 e. The average Bonchev–Trinajstić information content (AvgIpc) is 2.91. The van der Waals surface area contributed by atoms with E-state index in [-0.39, 0.29) is 0 Å². The second-order valence-electron chi connectivity index (χ2n) is 4.59. The van der Waals surface area contributed by atoms with Crippen molar-refractivity contribution in [1.82, 2.24) is 10.3 Å². The lowest BCUT2D eigenvalue weighted by Gasteiger charge is -2.18. The van der Waals surface area contributed by atoms with Gasteiger partial charge < -0.3 is 5.32 Å². The fourth-order valence-corrected chi connectivity index (χ4v) is 3.42. The molecule has 1 heterocycles. The van der Waals surface area contributed by atoms with Crippen molar-refractivity contribution in [2.24, 2.45) is 0 Å². The van der Waals surface area contributed by atoms with Gasteiger partial charge in [0, 0.05) is 28.0 Å². The molecule has 0 aliphatic heterocycles. The van der Waals surface area contributed by atoms with Gasteiger partial charge in [-0.1, -0.05) is 41.1 Å². The van der Waals surface area contributed by atoms with Crippen molar-refractivity contribution in [1.29, 1.82) is 0 Å². The molecule has 2 nitrogen and oxygen atoms in total. The van der Waals surface area contributed by atoms with Crippen molar-refractivity contribution < 1.29 is 0 Å². The summed E-state index contributed by atoms with van der Waals surface area (Å²) in [6.07, 6.45) is 4.20. The van der Waals surface area contributed by atoms with Crippen molar-refractivity contribution >= 4 is 27.3 Å². The zero-order valence-electron chi connectivity index (χ0n) is 11.1. The number of halogens is 1. The largest absolute Gasteiger partial charge is 0.316 e. The molecular formula is C15H19BrN2S. The van der Waals surface area contributed by atoms with Crippen LogP contribution >= 0.6 is 27.3 Å². The van der Waals surface area contributed by atoms with E-state index < -0.39 is 0 Å². The highest BCUT2D eigenvalue weighted by atomic mass is 79.9. The van der Waals surface area contributed by atoms with Gasteiger partial charge in [-0.15, -0.1) is 11.3 Å². The molecule has 19 heavy (non-hydrogen) atoms. The summed E-state index contributed by atoms with van der Waals surface area (Å²) in [6.45, 7) is 4.28. The molecule has 2 aromatic rings. The molecular weight excluding hydrogens is 320 g/mol. The molecule has 0 radical (unpaired) electrons. The normalized spacial score (nSPS) is 12.5. The van der Waals surface area contributed by atoms with Gasteiger partial charge >= 0.3 is 0 Å². The van der Waals surface area contributed by atoms with E-state index in [9.17, 15) is 0 Å². The molecule has 1 unspecified atom stereocenters. The third kappa shape index (κ3) is 4.41. The first-order valence-electron chi connectivity index (χ1n) is 6.63. The van der Waals surface area contributed by atoms with Gasteiger partial charge in [0.2, 0.25) is 0 Å². The zero-order chi connectivity index (χ0) is 13.5. The van der Waals surface area contributed by atoms with Crippen LogP contribution in [0, 0.1) is 0 Å². The van der Waals surface area contributed by atoms with E-state index in [1.54, 1.807) is 11.3 Å². The Kier molecular flexibility index (Phi) is 6.01. The Bertz CT molecular complexity index is 485. The summed E-state index contributed by atoms with van der Waals surface area (Å²) in [5.74, 6) is 0.488. The van der Waals surface area contributed by atoms with Crippen LogP contribution in [0.15, 0.2) is 40.4 Å². The maximum absolute atomic E-state index is 4.17. The predicted octanol–water partition coefficient (Wildman–Crippen LogP) is 4.23. The molecule has 1 aromatic heterocycles. The number of aromatic nitrogens is 1. The van der Waals surface area contributed by atoms with Crippen LogP contribution in [0.25, 0.3) is 0 Å². The van der Waals surface area contributed by atoms with Gasteiger partial charge in [-0.25, -0.2) is 0 Å². The lowest BCUT2D eigenvalue weighted by molar-refractivity contribution is 0.577. The number of rotatable bonds is 7. The van der Waals surface area contributed by atoms with Crippen LogP contribution in [-0.2, 0) is 6.42 Å². The summed E-state index contributed by atoms with van der Waals surface area (Å²) in [5.41, 5.74) is 3.28. The fraction of sp³-hybridized carbons (Fsp3) is 0.400. The van der Waals surface area contributed by atoms with Gasteiger partial charge in [-0.05, 0) is 31.0 Å². The molecule has 0 bridgehead atoms. The first-order valence-corrected chi connectivity index (χ1v) is 8.31. The van der Waals surface area contributed by atoms with Crippen LogP contribution in [-0.4, -0.2) is 18.1 Å². The Morgan fingerprint density at radius 2 is 2.21 bits per heavy atom. The van der Waals surface area contributed by atoms with Crippen molar-refractivity contribution in [2.45, 2.75) is 25.7 Å². The minimum Gasteiger partial charge on any atom is -0.316 e. The molecule has 102 valence electrons. The van der Waals surface area contributed by atoms with E-state index >= 15 is 0 Å². The van der Waals surface area contributed by atoms with E-state index in [1.165, 1.54) is 21.3 Å². The molecule has 1 atom stereocenters. The van der Waals surface area contributed by atoms with Gasteiger partial charge in [-0.3, -0.25) is 4.98 Å². The highest BCUT2D eigenvalue weighted by Gasteiger charge is 2.15. The van der Waals surface area contributed by atoms with Crippen molar-refractivity contribution in [2.75, 3.05) is 13.1 Å². The summed E-state index contributed by atoms with van der Waals surface area (Å²) in [4.78, 5) is 5.52. The van der Waals surface area contributed by atoms with Crippen molar-refractivity contribution in [3.05, 3.63) is 50.9 Å². The minimum atomic E-state index is 0.488. The van der Waals surface area contributed by atoms with Gasteiger partial charge in [0.05, 0.1) is 5.51 Å². The quantitative estimate of drug-likeness (QED) is 0.764. The second kappa shape index (κ2) is 7.78. The highest BCUT2D eigenvalue weighted by molar-refractivity contribution is 9.10. The molecule has 0 aliphatic carbocycles. The van der Waals surface area contributed by atoms with Gasteiger partial charge in [0.1, 0.15) is 0 Å². The SMILES string of the molecule is CCCNCC(Cc1cncs1)c1ccccc1Br. The number of benzene rings is 1. The van der Waals surface area contributed by atoms with Crippen LogP contribution < -0.4 is 5.32 Å². The molecule has 0 spiro atoms. The zero-order valence-corrected chi connectivity index (χ0v) is 13.5. The molecule has 0 fully saturated rings. The standard InChI is InChI=1S/C15H19BrN2S/c1-2-7-17-9-12(8-13-10-18-11-19-13)14-5-3-4-6-15(14)16/h3-6,10-12,17H,2,7-9H2,1H3. The summed E-state index contributed by atoms with van der Waals surface area (Å²) in [7, 11) is 0. The first-order chi connectivity index (χ1) is 9.31. The Balaban J connectivity index is 2.11. The van der Waals surface area contributed by atoms with Crippen LogP contribution in [0.2, 0.25) is 0 Å². The lowest BCUT2D eigenvalue weighted by Crippen LogP contribution is -2.23.